The number of rotatable bonds is 4. The summed E-state index contributed by atoms with van der Waals surface area (Å²) in [4.78, 5) is 12.1. The summed E-state index contributed by atoms with van der Waals surface area (Å²) in [7, 11) is 1.85. The van der Waals surface area contributed by atoms with Crippen molar-refractivity contribution >= 4 is 28.3 Å². The van der Waals surface area contributed by atoms with Gasteiger partial charge in [0.15, 0.2) is 5.82 Å². The maximum Gasteiger partial charge on any atom is 0.257 e. The Morgan fingerprint density at radius 2 is 1.91 bits per heavy atom. The Bertz CT molecular complexity index is 1500. The molecular weight excluding hydrogens is 432 g/mol. The minimum absolute atomic E-state index is 0.181. The van der Waals surface area contributed by atoms with Crippen LogP contribution in [0.5, 0.6) is 0 Å². The van der Waals surface area contributed by atoms with Gasteiger partial charge in [-0.2, -0.15) is 4.98 Å². The molecule has 5 aromatic rings. The average molecular weight is 459 g/mol. The van der Waals surface area contributed by atoms with Crippen molar-refractivity contribution in [2.75, 3.05) is 37.0 Å². The van der Waals surface area contributed by atoms with Crippen LogP contribution in [0.15, 0.2) is 40.9 Å². The van der Waals surface area contributed by atoms with Crippen LogP contribution in [0.25, 0.3) is 33.8 Å². The number of benzene rings is 1. The third kappa shape index (κ3) is 3.06. The first kappa shape index (κ1) is 20.7. The first-order chi connectivity index (χ1) is 16.6. The Balaban J connectivity index is 1.67. The molecule has 1 unspecified atom stereocenters. The van der Waals surface area contributed by atoms with Gasteiger partial charge in [-0.3, -0.25) is 0 Å². The van der Waals surface area contributed by atoms with Gasteiger partial charge in [0.1, 0.15) is 11.3 Å². The summed E-state index contributed by atoms with van der Waals surface area (Å²) in [5.74, 6) is 2.82. The zero-order valence-corrected chi connectivity index (χ0v) is 19.6. The molecule has 34 heavy (non-hydrogen) atoms. The highest BCUT2D eigenvalue weighted by molar-refractivity contribution is 5.82. The molecule has 0 amide bonds. The number of anilines is 2. The summed E-state index contributed by atoms with van der Waals surface area (Å²) < 4.78 is 15.1. The van der Waals surface area contributed by atoms with Crippen molar-refractivity contribution in [3.8, 4) is 17.2 Å². The number of imidazole rings is 1. The Kier molecular flexibility index (Phi) is 4.77. The maximum absolute atomic E-state index is 5.70. The molecule has 1 atom stereocenters. The molecule has 1 saturated heterocycles. The number of nitrogens with zero attached hydrogens (tertiary/aromatic N) is 7. The molecule has 1 N–H and O–H groups in total. The molecule has 0 spiro atoms. The molecule has 174 valence electrons. The van der Waals surface area contributed by atoms with Crippen LogP contribution in [0.2, 0.25) is 0 Å². The second-order valence-electron chi connectivity index (χ2n) is 8.58. The summed E-state index contributed by atoms with van der Waals surface area (Å²) in [6, 6.07) is 12.3. The van der Waals surface area contributed by atoms with Gasteiger partial charge in [-0.1, -0.05) is 17.3 Å². The van der Waals surface area contributed by atoms with E-state index in [2.05, 4.69) is 34.4 Å². The first-order valence-electron chi connectivity index (χ1n) is 11.4. The van der Waals surface area contributed by atoms with Gasteiger partial charge in [0.2, 0.25) is 5.95 Å². The van der Waals surface area contributed by atoms with Crippen LogP contribution < -0.4 is 10.2 Å². The van der Waals surface area contributed by atoms with Crippen LogP contribution >= 0.6 is 0 Å². The number of morpholine rings is 1. The molecule has 0 radical (unpaired) electrons. The van der Waals surface area contributed by atoms with Gasteiger partial charge in [-0.05, 0) is 45.0 Å². The minimum atomic E-state index is 0.181. The van der Waals surface area contributed by atoms with Gasteiger partial charge in [0.05, 0.1) is 47.2 Å². The number of fused-ring (bicyclic) bond motifs is 2. The van der Waals surface area contributed by atoms with Gasteiger partial charge >= 0.3 is 0 Å². The zero-order valence-electron chi connectivity index (χ0n) is 19.6. The molecule has 4 aromatic heterocycles. The van der Waals surface area contributed by atoms with E-state index in [0.717, 1.165) is 51.6 Å². The number of hydrogen-bond donors (Lipinski definition) is 1. The van der Waals surface area contributed by atoms with E-state index < -0.39 is 0 Å². The number of aryl methyl sites for hydroxylation is 2. The van der Waals surface area contributed by atoms with Crippen LogP contribution in [0.1, 0.15) is 18.4 Å². The Labute approximate surface area is 196 Å². The molecule has 5 heterocycles. The van der Waals surface area contributed by atoms with Gasteiger partial charge < -0.3 is 19.5 Å². The van der Waals surface area contributed by atoms with Crippen LogP contribution in [-0.2, 0) is 4.74 Å². The summed E-state index contributed by atoms with van der Waals surface area (Å²) in [6.45, 7) is 8.08. The molecule has 10 heteroatoms. The lowest BCUT2D eigenvalue weighted by atomic mass is 10.1. The summed E-state index contributed by atoms with van der Waals surface area (Å²) in [5.41, 5.74) is 5.39. The SMILES string of the molecule is CNc1nc2ccccc2n1-c1nc(N2CCOCC2C)c2ccc(-c3c(C)noc3C)n2n1. The van der Waals surface area contributed by atoms with Gasteiger partial charge in [0, 0.05) is 13.6 Å². The molecule has 1 fully saturated rings. The molecule has 1 aliphatic heterocycles. The van der Waals surface area contributed by atoms with Crippen molar-refractivity contribution in [2.24, 2.45) is 0 Å². The quantitative estimate of drug-likeness (QED) is 0.436. The van der Waals surface area contributed by atoms with E-state index in [4.69, 9.17) is 24.3 Å². The topological polar surface area (TPSA) is 98.5 Å². The van der Waals surface area contributed by atoms with E-state index >= 15 is 0 Å². The van der Waals surface area contributed by atoms with E-state index in [1.165, 1.54) is 0 Å². The highest BCUT2D eigenvalue weighted by atomic mass is 16.5. The molecular formula is C24H26N8O2. The van der Waals surface area contributed by atoms with Crippen LogP contribution in [0, 0.1) is 13.8 Å². The van der Waals surface area contributed by atoms with Crippen LogP contribution in [0.4, 0.5) is 11.8 Å². The summed E-state index contributed by atoms with van der Waals surface area (Å²) in [5, 5.41) is 12.4. The first-order valence-corrected chi connectivity index (χ1v) is 11.4. The lowest BCUT2D eigenvalue weighted by Crippen LogP contribution is -2.44. The van der Waals surface area contributed by atoms with E-state index in [1.807, 2.05) is 54.2 Å². The van der Waals surface area contributed by atoms with Gasteiger partial charge in [-0.15, -0.1) is 5.10 Å². The molecule has 6 rings (SSSR count). The number of nitrogens with one attached hydrogen (secondary N) is 1. The summed E-state index contributed by atoms with van der Waals surface area (Å²) >= 11 is 0. The van der Waals surface area contributed by atoms with E-state index in [0.29, 0.717) is 25.1 Å². The zero-order chi connectivity index (χ0) is 23.4. The Hall–Kier alpha value is -3.92. The van der Waals surface area contributed by atoms with E-state index in [1.54, 1.807) is 0 Å². The smallest absolute Gasteiger partial charge is 0.257 e. The van der Waals surface area contributed by atoms with E-state index in [9.17, 15) is 0 Å². The molecule has 1 aliphatic rings. The molecule has 10 nitrogen and oxygen atoms in total. The lowest BCUT2D eigenvalue weighted by molar-refractivity contribution is 0.0986. The van der Waals surface area contributed by atoms with Crippen molar-refractivity contribution in [3.63, 3.8) is 0 Å². The Morgan fingerprint density at radius 1 is 1.06 bits per heavy atom. The van der Waals surface area contributed by atoms with Crippen molar-refractivity contribution in [1.29, 1.82) is 0 Å². The van der Waals surface area contributed by atoms with Gasteiger partial charge in [-0.25, -0.2) is 14.1 Å². The fourth-order valence-corrected chi connectivity index (χ4v) is 4.75. The maximum atomic E-state index is 5.70. The number of para-hydroxylation sites is 2. The standard InChI is InChI=1S/C24H26N8O2/c1-14-13-33-12-11-30(14)22-20-10-9-19(21-15(2)29-34-16(21)3)32(20)28-24(27-22)31-18-8-6-5-7-17(18)26-23(31)25-4/h5-10,14H,11-13H2,1-4H3,(H,25,26). The highest BCUT2D eigenvalue weighted by Gasteiger charge is 2.27. The predicted octanol–water partition coefficient (Wildman–Crippen LogP) is 3.61. The van der Waals surface area contributed by atoms with E-state index in [-0.39, 0.29) is 6.04 Å². The second kappa shape index (κ2) is 7.84. The normalized spacial score (nSPS) is 16.6. The van der Waals surface area contributed by atoms with Crippen molar-refractivity contribution in [2.45, 2.75) is 26.8 Å². The predicted molar refractivity (Wildman–Crippen MR) is 130 cm³/mol. The highest BCUT2D eigenvalue weighted by Crippen LogP contribution is 2.33. The number of ether oxygens (including phenoxy) is 1. The average Bonchev–Trinajstić information content (AvgIpc) is 3.53. The van der Waals surface area contributed by atoms with Gasteiger partial charge in [0.25, 0.3) is 5.95 Å². The number of hydrogen-bond acceptors (Lipinski definition) is 8. The van der Waals surface area contributed by atoms with Crippen molar-refractivity contribution in [1.82, 2.24) is 29.3 Å². The fraction of sp³-hybridized carbons (Fsp3) is 0.333. The van der Waals surface area contributed by atoms with Crippen molar-refractivity contribution < 1.29 is 9.26 Å². The lowest BCUT2D eigenvalue weighted by Gasteiger charge is -2.34. The molecule has 0 saturated carbocycles. The molecule has 1 aromatic carbocycles. The number of aromatic nitrogens is 6. The van der Waals surface area contributed by atoms with Crippen LogP contribution in [0.3, 0.4) is 0 Å². The van der Waals surface area contributed by atoms with Crippen LogP contribution in [-0.4, -0.2) is 62.2 Å². The fourth-order valence-electron chi connectivity index (χ4n) is 4.75. The Morgan fingerprint density at radius 3 is 2.68 bits per heavy atom. The third-order valence-corrected chi connectivity index (χ3v) is 6.39. The minimum Gasteiger partial charge on any atom is -0.377 e. The second-order valence-corrected chi connectivity index (χ2v) is 8.58. The third-order valence-electron chi connectivity index (χ3n) is 6.39. The van der Waals surface area contributed by atoms with Crippen molar-refractivity contribution in [3.05, 3.63) is 47.9 Å². The molecule has 0 aliphatic carbocycles. The molecule has 0 bridgehead atoms. The summed E-state index contributed by atoms with van der Waals surface area (Å²) in [6.07, 6.45) is 0. The monoisotopic (exact) mass is 458 g/mol. The largest absolute Gasteiger partial charge is 0.377 e.